The van der Waals surface area contributed by atoms with Crippen molar-refractivity contribution in [2.24, 2.45) is 0 Å². The molecule has 0 heterocycles. The van der Waals surface area contributed by atoms with Crippen LogP contribution in [0, 0.1) is 13.8 Å². The third-order valence-corrected chi connectivity index (χ3v) is 0.782. The summed E-state index contributed by atoms with van der Waals surface area (Å²) < 4.78 is 4.37. The molecule has 2 N–H and O–H groups in total. The van der Waals surface area contributed by atoms with Gasteiger partial charge in [0.05, 0.1) is 0 Å². The fourth-order valence-electron chi connectivity index (χ4n) is 0.415. The first kappa shape index (κ1) is 24.1. The number of rotatable bonds is 4. The van der Waals surface area contributed by atoms with E-state index in [-0.39, 0.29) is 29.7 Å². The molecule has 0 aromatic carbocycles. The summed E-state index contributed by atoms with van der Waals surface area (Å²) in [6.07, 6.45) is -1.73. The second-order valence-corrected chi connectivity index (χ2v) is 1.51. The van der Waals surface area contributed by atoms with E-state index in [9.17, 15) is 9.59 Å². The van der Waals surface area contributed by atoms with E-state index < -0.39 is 18.0 Å². The second-order valence-electron chi connectivity index (χ2n) is 1.51. The quantitative estimate of drug-likeness (QED) is 0.425. The third-order valence-electron chi connectivity index (χ3n) is 0.782. The molecular weight excluding hydrogens is 212 g/mol. The van der Waals surface area contributed by atoms with Crippen LogP contribution in [0.3, 0.4) is 0 Å². The summed E-state index contributed by atoms with van der Waals surface area (Å²) in [7, 11) is 0. The molecule has 0 fully saturated rings. The molecule has 0 aliphatic rings. The largest absolute Gasteiger partial charge is 2.00 e. The van der Waals surface area contributed by atoms with Crippen molar-refractivity contribution in [3.63, 3.8) is 0 Å². The molecule has 0 rings (SSSR count). The maximum absolute atomic E-state index is 10.0. The normalized spacial score (nSPS) is 7.33. The monoisotopic (exact) mass is 230 g/mol. The maximum atomic E-state index is 10.0. The summed E-state index contributed by atoms with van der Waals surface area (Å²) in [5, 5.41) is 16.3. The predicted octanol–water partition coefficient (Wildman–Crippen LogP) is 0.861. The average molecular weight is 231 g/mol. The number of hydrogen-bond acceptors (Lipinski definition) is 3. The van der Waals surface area contributed by atoms with E-state index >= 15 is 0 Å². The summed E-state index contributed by atoms with van der Waals surface area (Å²) in [6, 6.07) is 0. The first-order valence-corrected chi connectivity index (χ1v) is 4.08. The van der Waals surface area contributed by atoms with Crippen LogP contribution < -0.4 is 0 Å². The summed E-state index contributed by atoms with van der Waals surface area (Å²) in [5.41, 5.74) is 0. The Bertz CT molecular complexity index is 135. The second kappa shape index (κ2) is 19.3. The van der Waals surface area contributed by atoms with Crippen LogP contribution >= 0.6 is 0 Å². The van der Waals surface area contributed by atoms with Crippen LogP contribution in [-0.4, -0.2) is 57.9 Å². The third kappa shape index (κ3) is 16.3. The zero-order chi connectivity index (χ0) is 12.1. The van der Waals surface area contributed by atoms with Crippen LogP contribution in [0.4, 0.5) is 0 Å². The minimum Gasteiger partial charge on any atom is -0.479 e. The van der Waals surface area contributed by atoms with Gasteiger partial charge in [-0.1, -0.05) is 0 Å². The van der Waals surface area contributed by atoms with Gasteiger partial charge in [-0.2, -0.15) is 13.8 Å². The van der Waals surface area contributed by atoms with Crippen LogP contribution in [0.2, 0.25) is 0 Å². The topological polar surface area (TPSA) is 83.8 Å². The van der Waals surface area contributed by atoms with E-state index in [1.807, 2.05) is 0 Å². The standard InChI is InChI=1S/C5H8O5.2C2H5.Mg/c1-2-10-3(4(6)7)5(8)9;2*1-2;/h3H,2H2,1H3,(H,6,7)(H,8,9);2*1H2,2H3;/q;2*-1;+2. The van der Waals surface area contributed by atoms with E-state index in [0.29, 0.717) is 0 Å². The molecular formula is C9H18MgO5. The molecule has 0 aliphatic heterocycles. The Morgan fingerprint density at radius 3 is 1.47 bits per heavy atom. The van der Waals surface area contributed by atoms with Crippen molar-refractivity contribution in [3.05, 3.63) is 13.8 Å². The predicted molar refractivity (Wildman–Crippen MR) is 58.5 cm³/mol. The minimum absolute atomic E-state index is 0. The molecule has 0 spiro atoms. The molecule has 6 heteroatoms. The van der Waals surface area contributed by atoms with Crippen molar-refractivity contribution >= 4 is 35.0 Å². The SMILES string of the molecule is CCOC(C(=O)O)C(=O)O.[CH2-]C.[CH2-]C.[Mg+2]. The van der Waals surface area contributed by atoms with Crippen molar-refractivity contribution in [1.82, 2.24) is 0 Å². The van der Waals surface area contributed by atoms with Crippen LogP contribution in [0.5, 0.6) is 0 Å². The van der Waals surface area contributed by atoms with E-state index in [0.717, 1.165) is 0 Å². The van der Waals surface area contributed by atoms with E-state index in [2.05, 4.69) is 18.6 Å². The molecule has 0 radical (unpaired) electrons. The Labute approximate surface area is 107 Å². The van der Waals surface area contributed by atoms with Gasteiger partial charge in [-0.05, 0) is 6.92 Å². The van der Waals surface area contributed by atoms with Gasteiger partial charge in [0.15, 0.2) is 0 Å². The molecule has 15 heavy (non-hydrogen) atoms. The van der Waals surface area contributed by atoms with Crippen molar-refractivity contribution < 1.29 is 24.5 Å². The van der Waals surface area contributed by atoms with Crippen LogP contribution in [0.15, 0.2) is 0 Å². The Balaban J connectivity index is -0.000000107. The van der Waals surface area contributed by atoms with Crippen LogP contribution in [0.1, 0.15) is 20.8 Å². The molecule has 0 bridgehead atoms. The number of hydrogen-bond donors (Lipinski definition) is 2. The molecule has 5 nitrogen and oxygen atoms in total. The van der Waals surface area contributed by atoms with Gasteiger partial charge >= 0.3 is 35.0 Å². The molecule has 0 aromatic rings. The van der Waals surface area contributed by atoms with Crippen molar-refractivity contribution in [2.75, 3.05) is 6.61 Å². The van der Waals surface area contributed by atoms with E-state index in [4.69, 9.17) is 10.2 Å². The zero-order valence-electron chi connectivity index (χ0n) is 9.52. The van der Waals surface area contributed by atoms with E-state index in [1.54, 1.807) is 13.8 Å². The van der Waals surface area contributed by atoms with Gasteiger partial charge < -0.3 is 28.8 Å². The average Bonchev–Trinajstić information content (AvgIpc) is 2.19. The first-order chi connectivity index (χ1) is 6.59. The summed E-state index contributed by atoms with van der Waals surface area (Å²) in [5.74, 6) is -2.95. The summed E-state index contributed by atoms with van der Waals surface area (Å²) in [4.78, 5) is 20.1. The molecule has 0 unspecified atom stereocenters. The minimum atomic E-state index is -1.73. The molecule has 0 amide bonds. The number of carboxylic acid groups (broad SMARTS) is 2. The molecule has 0 aromatic heterocycles. The smallest absolute Gasteiger partial charge is 0.479 e. The summed E-state index contributed by atoms with van der Waals surface area (Å²) in [6.45, 7) is 11.6. The fraction of sp³-hybridized carbons (Fsp3) is 0.556. The van der Waals surface area contributed by atoms with Crippen molar-refractivity contribution in [2.45, 2.75) is 26.9 Å². The van der Waals surface area contributed by atoms with Crippen molar-refractivity contribution in [3.8, 4) is 0 Å². The Kier molecular flexibility index (Phi) is 30.9. The van der Waals surface area contributed by atoms with Gasteiger partial charge in [0.1, 0.15) is 0 Å². The van der Waals surface area contributed by atoms with Gasteiger partial charge in [-0.3, -0.25) is 0 Å². The van der Waals surface area contributed by atoms with Gasteiger partial charge in [0.25, 0.3) is 6.10 Å². The Hall–Kier alpha value is -0.334. The van der Waals surface area contributed by atoms with Crippen LogP contribution in [-0.2, 0) is 14.3 Å². The van der Waals surface area contributed by atoms with Crippen LogP contribution in [0.25, 0.3) is 0 Å². The Morgan fingerprint density at radius 2 is 1.40 bits per heavy atom. The van der Waals surface area contributed by atoms with Gasteiger partial charge in [-0.25, -0.2) is 9.59 Å². The number of carbonyl (C=O) groups is 2. The Morgan fingerprint density at radius 1 is 1.13 bits per heavy atom. The zero-order valence-corrected chi connectivity index (χ0v) is 10.9. The number of ether oxygens (including phenoxy) is 1. The van der Waals surface area contributed by atoms with Gasteiger partial charge in [0.2, 0.25) is 0 Å². The number of aliphatic carboxylic acids is 2. The fourth-order valence-corrected chi connectivity index (χ4v) is 0.415. The molecule has 86 valence electrons. The molecule has 0 aliphatic carbocycles. The molecule has 0 atom stereocenters. The molecule has 0 saturated heterocycles. The number of carboxylic acids is 2. The summed E-state index contributed by atoms with van der Waals surface area (Å²) >= 11 is 0. The van der Waals surface area contributed by atoms with Gasteiger partial charge in [0, 0.05) is 6.61 Å². The maximum Gasteiger partial charge on any atom is 2.00 e. The van der Waals surface area contributed by atoms with Crippen molar-refractivity contribution in [1.29, 1.82) is 0 Å². The van der Waals surface area contributed by atoms with Gasteiger partial charge in [-0.15, -0.1) is 0 Å². The molecule has 0 saturated carbocycles. The van der Waals surface area contributed by atoms with E-state index in [1.165, 1.54) is 6.92 Å². The first-order valence-electron chi connectivity index (χ1n) is 4.08.